The first kappa shape index (κ1) is 25.2. The highest BCUT2D eigenvalue weighted by Crippen LogP contribution is 2.52. The third-order valence-corrected chi connectivity index (χ3v) is 7.11. The molecule has 0 amide bonds. The van der Waals surface area contributed by atoms with Gasteiger partial charge in [-0.2, -0.15) is 0 Å². The van der Waals surface area contributed by atoms with E-state index in [1.807, 2.05) is 38.1 Å². The highest BCUT2D eigenvalue weighted by atomic mass is 16.5. The van der Waals surface area contributed by atoms with Crippen LogP contribution in [0.15, 0.2) is 60.7 Å². The molecule has 2 aromatic carbocycles. The molecule has 1 saturated carbocycles. The summed E-state index contributed by atoms with van der Waals surface area (Å²) in [6.07, 6.45) is 3.06. The van der Waals surface area contributed by atoms with E-state index in [0.29, 0.717) is 0 Å². The first-order valence-corrected chi connectivity index (χ1v) is 11.8. The van der Waals surface area contributed by atoms with E-state index in [9.17, 15) is 29.4 Å². The summed E-state index contributed by atoms with van der Waals surface area (Å²) >= 11 is 0. The number of fused-ring (bicyclic) bond motifs is 2. The van der Waals surface area contributed by atoms with Crippen LogP contribution in [0, 0.1) is 49.4 Å². The number of esters is 2. The Kier molecular flexibility index (Phi) is 7.24. The van der Waals surface area contributed by atoms with Crippen LogP contribution in [0.1, 0.15) is 22.3 Å². The SMILES string of the molecule is Cc1ccc(COC(=O)C2C3C=CC(C2C(=O)O)C(C(=O)OCc2ccc(C)cc2)C3C(=O)O)cc1. The number of ether oxygens (including phenoxy) is 2. The fourth-order valence-corrected chi connectivity index (χ4v) is 5.25. The predicted octanol–water partition coefficient (Wildman–Crippen LogP) is 3.54. The molecule has 6 atom stereocenters. The predicted molar refractivity (Wildman–Crippen MR) is 127 cm³/mol. The van der Waals surface area contributed by atoms with Crippen molar-refractivity contribution in [2.75, 3.05) is 0 Å². The van der Waals surface area contributed by atoms with Crippen LogP contribution in [0.25, 0.3) is 0 Å². The van der Waals surface area contributed by atoms with Crippen molar-refractivity contribution >= 4 is 23.9 Å². The lowest BCUT2D eigenvalue weighted by Crippen LogP contribution is -2.57. The second-order valence-corrected chi connectivity index (χ2v) is 9.51. The highest BCUT2D eigenvalue weighted by Gasteiger charge is 2.61. The lowest BCUT2D eigenvalue weighted by molar-refractivity contribution is -0.183. The molecule has 5 rings (SSSR count). The van der Waals surface area contributed by atoms with Gasteiger partial charge in [-0.15, -0.1) is 0 Å². The van der Waals surface area contributed by atoms with Crippen molar-refractivity contribution in [1.82, 2.24) is 0 Å². The normalized spacial score (nSPS) is 26.3. The molecule has 3 aliphatic carbocycles. The number of benzene rings is 2. The third kappa shape index (κ3) is 5.03. The van der Waals surface area contributed by atoms with Gasteiger partial charge >= 0.3 is 23.9 Å². The molecule has 2 aromatic rings. The molecule has 0 saturated heterocycles. The van der Waals surface area contributed by atoms with Gasteiger partial charge in [0, 0.05) is 11.8 Å². The average Bonchev–Trinajstić information content (AvgIpc) is 2.86. The molecule has 188 valence electrons. The topological polar surface area (TPSA) is 127 Å². The number of rotatable bonds is 8. The summed E-state index contributed by atoms with van der Waals surface area (Å²) in [5.41, 5.74) is 3.53. The van der Waals surface area contributed by atoms with Gasteiger partial charge in [-0.3, -0.25) is 19.2 Å². The number of carboxylic acids is 2. The minimum Gasteiger partial charge on any atom is -0.481 e. The Balaban J connectivity index is 1.55. The maximum absolute atomic E-state index is 13.1. The summed E-state index contributed by atoms with van der Waals surface area (Å²) in [4.78, 5) is 50.8. The number of hydrogen-bond donors (Lipinski definition) is 2. The molecule has 0 aliphatic heterocycles. The van der Waals surface area contributed by atoms with Crippen LogP contribution in [0.4, 0.5) is 0 Å². The highest BCUT2D eigenvalue weighted by molar-refractivity contribution is 5.89. The molecule has 0 radical (unpaired) electrons. The van der Waals surface area contributed by atoms with E-state index in [1.54, 1.807) is 24.3 Å². The van der Waals surface area contributed by atoms with Crippen molar-refractivity contribution in [3.05, 3.63) is 82.9 Å². The van der Waals surface area contributed by atoms with Gasteiger partial charge in [0.2, 0.25) is 0 Å². The Hall–Kier alpha value is -3.94. The standard InChI is InChI=1S/C28H28O8/c1-15-3-7-17(8-4-15)13-35-27(33)23-19-11-12-20(21(23)25(29)30)24(22(19)26(31)32)28(34)36-14-18-9-5-16(2)6-10-18/h3-12,19-24H,13-14H2,1-2H3,(H,29,30)(H,31,32). The number of carboxylic acid groups (broad SMARTS) is 2. The lowest BCUT2D eigenvalue weighted by Gasteiger charge is -2.48. The summed E-state index contributed by atoms with van der Waals surface area (Å²) in [5, 5.41) is 20.0. The summed E-state index contributed by atoms with van der Waals surface area (Å²) < 4.78 is 10.9. The number of aliphatic carboxylic acids is 2. The molecular formula is C28H28O8. The molecule has 8 nitrogen and oxygen atoms in total. The zero-order valence-electron chi connectivity index (χ0n) is 20.0. The van der Waals surface area contributed by atoms with E-state index in [0.717, 1.165) is 22.3 Å². The smallest absolute Gasteiger partial charge is 0.310 e. The molecule has 2 bridgehead atoms. The number of carbonyl (C=O) groups is 4. The fourth-order valence-electron chi connectivity index (χ4n) is 5.25. The van der Waals surface area contributed by atoms with E-state index in [-0.39, 0.29) is 13.2 Å². The van der Waals surface area contributed by atoms with Crippen molar-refractivity contribution in [3.63, 3.8) is 0 Å². The summed E-state index contributed by atoms with van der Waals surface area (Å²) in [6, 6.07) is 14.6. The van der Waals surface area contributed by atoms with Crippen LogP contribution < -0.4 is 0 Å². The van der Waals surface area contributed by atoms with Crippen LogP contribution in [-0.4, -0.2) is 34.1 Å². The minimum atomic E-state index is -1.31. The zero-order valence-corrected chi connectivity index (χ0v) is 20.0. The average molecular weight is 493 g/mol. The summed E-state index contributed by atoms with van der Waals surface area (Å²) in [5.74, 6) is -11.3. The van der Waals surface area contributed by atoms with Gasteiger partial charge in [0.25, 0.3) is 0 Å². The van der Waals surface area contributed by atoms with Crippen molar-refractivity contribution in [2.45, 2.75) is 27.1 Å². The minimum absolute atomic E-state index is 0.0667. The Morgan fingerprint density at radius 1 is 0.611 bits per heavy atom. The Morgan fingerprint density at radius 2 is 0.944 bits per heavy atom. The molecule has 6 unspecified atom stereocenters. The van der Waals surface area contributed by atoms with Crippen LogP contribution in [0.3, 0.4) is 0 Å². The number of carbonyl (C=O) groups excluding carboxylic acids is 2. The molecule has 0 heterocycles. The van der Waals surface area contributed by atoms with Crippen LogP contribution in [0.2, 0.25) is 0 Å². The lowest BCUT2D eigenvalue weighted by atomic mass is 9.53. The molecule has 3 aliphatic rings. The number of hydrogen-bond acceptors (Lipinski definition) is 6. The van der Waals surface area contributed by atoms with Gasteiger partial charge in [-0.05, 0) is 25.0 Å². The van der Waals surface area contributed by atoms with E-state index >= 15 is 0 Å². The van der Waals surface area contributed by atoms with Crippen molar-refractivity contribution in [3.8, 4) is 0 Å². The van der Waals surface area contributed by atoms with E-state index in [2.05, 4.69) is 0 Å². The fraction of sp³-hybridized carbons (Fsp3) is 0.357. The van der Waals surface area contributed by atoms with E-state index in [4.69, 9.17) is 9.47 Å². The summed E-state index contributed by atoms with van der Waals surface area (Å²) in [7, 11) is 0. The van der Waals surface area contributed by atoms with Gasteiger partial charge in [0.15, 0.2) is 0 Å². The van der Waals surface area contributed by atoms with E-state index < -0.39 is 59.4 Å². The number of aryl methyl sites for hydroxylation is 2. The molecule has 8 heteroatoms. The zero-order chi connectivity index (χ0) is 26.0. The maximum atomic E-state index is 13.1. The second kappa shape index (κ2) is 10.4. The molecular weight excluding hydrogens is 464 g/mol. The van der Waals surface area contributed by atoms with Crippen molar-refractivity contribution in [2.24, 2.45) is 35.5 Å². The van der Waals surface area contributed by atoms with Gasteiger partial charge in [0.05, 0.1) is 23.7 Å². The van der Waals surface area contributed by atoms with Crippen LogP contribution in [0.5, 0.6) is 0 Å². The van der Waals surface area contributed by atoms with Gasteiger partial charge in [-0.1, -0.05) is 71.8 Å². The van der Waals surface area contributed by atoms with Gasteiger partial charge in [-0.25, -0.2) is 0 Å². The van der Waals surface area contributed by atoms with Gasteiger partial charge in [0.1, 0.15) is 13.2 Å². The molecule has 0 aromatic heterocycles. The van der Waals surface area contributed by atoms with Crippen LogP contribution >= 0.6 is 0 Å². The largest absolute Gasteiger partial charge is 0.481 e. The molecule has 1 fully saturated rings. The third-order valence-electron chi connectivity index (χ3n) is 7.11. The monoisotopic (exact) mass is 492 g/mol. The molecule has 0 spiro atoms. The summed E-state index contributed by atoms with van der Waals surface area (Å²) in [6.45, 7) is 3.71. The number of allylic oxidation sites excluding steroid dienone is 2. The molecule has 36 heavy (non-hydrogen) atoms. The van der Waals surface area contributed by atoms with Crippen LogP contribution in [-0.2, 0) is 41.9 Å². The maximum Gasteiger partial charge on any atom is 0.310 e. The van der Waals surface area contributed by atoms with E-state index in [1.165, 1.54) is 12.2 Å². The Labute approximate surface area is 208 Å². The molecule has 2 N–H and O–H groups in total. The Bertz CT molecular complexity index is 1090. The van der Waals surface area contributed by atoms with Crippen molar-refractivity contribution in [1.29, 1.82) is 0 Å². The van der Waals surface area contributed by atoms with Gasteiger partial charge < -0.3 is 19.7 Å². The first-order valence-electron chi connectivity index (χ1n) is 11.8. The quantitative estimate of drug-likeness (QED) is 0.423. The first-order chi connectivity index (χ1) is 17.2. The van der Waals surface area contributed by atoms with Crippen molar-refractivity contribution < 1.29 is 38.9 Å². The Morgan fingerprint density at radius 3 is 1.25 bits per heavy atom. The second-order valence-electron chi connectivity index (χ2n) is 9.51.